The van der Waals surface area contributed by atoms with Crippen LogP contribution in [0, 0.1) is 11.7 Å². The van der Waals surface area contributed by atoms with E-state index in [1.165, 1.54) is 6.07 Å². The van der Waals surface area contributed by atoms with Gasteiger partial charge in [-0.2, -0.15) is 19.6 Å². The van der Waals surface area contributed by atoms with Crippen molar-refractivity contribution in [2.75, 3.05) is 64.5 Å². The van der Waals surface area contributed by atoms with Gasteiger partial charge in [0.25, 0.3) is 0 Å². The summed E-state index contributed by atoms with van der Waals surface area (Å²) in [6.45, 7) is 7.94. The first kappa shape index (κ1) is 33.3. The summed E-state index contributed by atoms with van der Waals surface area (Å²) >= 11 is 0. The highest BCUT2D eigenvalue weighted by Crippen LogP contribution is 2.26. The van der Waals surface area contributed by atoms with E-state index in [1.54, 1.807) is 33.8 Å². The molecule has 2 fully saturated rings. The average molecular weight is 636 g/mol. The number of anilines is 2. The molecule has 4 heterocycles. The minimum absolute atomic E-state index is 0.0362. The number of hydrogen-bond donors (Lipinski definition) is 2. The van der Waals surface area contributed by atoms with Crippen LogP contribution in [0.3, 0.4) is 0 Å². The first-order chi connectivity index (χ1) is 22.1. The van der Waals surface area contributed by atoms with Crippen molar-refractivity contribution in [3.05, 3.63) is 53.5 Å². The number of fused-ring (bicyclic) bond motifs is 1. The van der Waals surface area contributed by atoms with Crippen LogP contribution in [0.5, 0.6) is 6.01 Å². The topological polar surface area (TPSA) is 120 Å². The van der Waals surface area contributed by atoms with Crippen LogP contribution in [-0.2, 0) is 16.1 Å². The third-order valence-electron chi connectivity index (χ3n) is 8.51. The monoisotopic (exact) mass is 635 g/mol. The normalized spacial score (nSPS) is 18.2. The molecule has 1 atom stereocenters. The molecular formula is C33H46FN9O3. The zero-order valence-electron chi connectivity index (χ0n) is 27.5. The third kappa shape index (κ3) is 8.38. The van der Waals surface area contributed by atoms with Crippen LogP contribution in [0.25, 0.3) is 5.65 Å². The maximum Gasteiger partial charge on any atom is 0.322 e. The number of amides is 2. The number of benzene rings is 1. The Morgan fingerprint density at radius 1 is 1.15 bits per heavy atom. The van der Waals surface area contributed by atoms with Crippen LogP contribution in [0.4, 0.5) is 16.0 Å². The Bertz CT molecular complexity index is 1550. The molecule has 248 valence electrons. The molecule has 46 heavy (non-hydrogen) atoms. The number of likely N-dealkylation sites (tertiary alicyclic amines) is 2. The number of nitrogens with one attached hydrogen (secondary N) is 2. The molecule has 2 aliphatic rings. The molecule has 2 aromatic heterocycles. The lowest BCUT2D eigenvalue weighted by atomic mass is 9.96. The lowest BCUT2D eigenvalue weighted by Gasteiger charge is -2.31. The number of carbonyl (C=O) groups excluding carboxylic acids is 2. The Kier molecular flexibility index (Phi) is 10.8. The number of piperidine rings is 2. The first-order valence-electron chi connectivity index (χ1n) is 16.1. The fourth-order valence-electron chi connectivity index (χ4n) is 5.76. The second-order valence-electron chi connectivity index (χ2n) is 12.9. The molecule has 2 saturated heterocycles. The lowest BCUT2D eigenvalue weighted by molar-refractivity contribution is -0.130. The van der Waals surface area contributed by atoms with Crippen LogP contribution in [-0.4, -0.2) is 106 Å². The van der Waals surface area contributed by atoms with Crippen LogP contribution < -0.4 is 15.4 Å². The van der Waals surface area contributed by atoms with Crippen molar-refractivity contribution in [2.45, 2.75) is 58.1 Å². The summed E-state index contributed by atoms with van der Waals surface area (Å²) in [5.41, 5.74) is 2.50. The summed E-state index contributed by atoms with van der Waals surface area (Å²) in [4.78, 5) is 41.1. The summed E-state index contributed by atoms with van der Waals surface area (Å²) in [5, 5.41) is 10.6. The molecule has 0 aliphatic carbocycles. The van der Waals surface area contributed by atoms with Crippen LogP contribution in [0.1, 0.15) is 56.6 Å². The fraction of sp³-hybridized carbons (Fsp3) is 0.545. The van der Waals surface area contributed by atoms with Gasteiger partial charge in [-0.05, 0) is 70.4 Å². The van der Waals surface area contributed by atoms with E-state index < -0.39 is 11.7 Å². The molecule has 3 aromatic rings. The van der Waals surface area contributed by atoms with E-state index in [4.69, 9.17) is 9.72 Å². The molecule has 0 bridgehead atoms. The number of aromatic nitrogens is 4. The van der Waals surface area contributed by atoms with Gasteiger partial charge >= 0.3 is 6.01 Å². The molecule has 0 radical (unpaired) electrons. The van der Waals surface area contributed by atoms with E-state index in [2.05, 4.69) is 46.5 Å². The largest absolute Gasteiger partial charge is 0.460 e. The first-order valence-corrected chi connectivity index (χ1v) is 16.1. The van der Waals surface area contributed by atoms with E-state index in [-0.39, 0.29) is 29.5 Å². The second kappa shape index (κ2) is 15.0. The fourth-order valence-corrected chi connectivity index (χ4v) is 5.76. The van der Waals surface area contributed by atoms with E-state index >= 15 is 0 Å². The zero-order valence-corrected chi connectivity index (χ0v) is 27.5. The number of likely N-dealkylation sites (N-methyl/N-ethyl adjacent to an activating group) is 1. The van der Waals surface area contributed by atoms with Gasteiger partial charge in [-0.25, -0.2) is 4.39 Å². The number of carbonyl (C=O) groups is 2. The molecule has 2 amide bonds. The summed E-state index contributed by atoms with van der Waals surface area (Å²) in [6, 6.07) is 4.92. The second-order valence-corrected chi connectivity index (χ2v) is 12.9. The van der Waals surface area contributed by atoms with Gasteiger partial charge in [0.2, 0.25) is 17.8 Å². The maximum atomic E-state index is 14.9. The average Bonchev–Trinajstić information content (AvgIpc) is 3.47. The summed E-state index contributed by atoms with van der Waals surface area (Å²) in [7, 11) is 5.96. The van der Waals surface area contributed by atoms with Crippen molar-refractivity contribution < 1.29 is 18.7 Å². The van der Waals surface area contributed by atoms with Crippen molar-refractivity contribution >= 4 is 29.1 Å². The Morgan fingerprint density at radius 2 is 1.93 bits per heavy atom. The Labute approximate surface area is 270 Å². The van der Waals surface area contributed by atoms with Crippen molar-refractivity contribution in [1.82, 2.24) is 34.3 Å². The van der Waals surface area contributed by atoms with Crippen LogP contribution in [0.2, 0.25) is 0 Å². The minimum Gasteiger partial charge on any atom is -0.460 e. The molecule has 5 rings (SSSR count). The standard InChI is InChI=1S/C33H46FN9O3/c1-22(2)26-20-36-43-30(26)38-33(46-25-12-16-41(5)17-13-25)39-32(43)35-19-23-10-11-27(34)28(18-23)37-31(45)24-8-6-15-42(21-24)29(44)9-7-14-40(3)4/h7,9-11,18,20,22,24-25H,6,8,12-17,19,21H2,1-5H3,(H,37,45)(H,35,38,39). The van der Waals surface area contributed by atoms with Crippen molar-refractivity contribution in [3.8, 4) is 6.01 Å². The summed E-state index contributed by atoms with van der Waals surface area (Å²) in [6.07, 6.45) is 8.34. The van der Waals surface area contributed by atoms with E-state index in [0.29, 0.717) is 56.6 Å². The number of ether oxygens (including phenoxy) is 1. The van der Waals surface area contributed by atoms with Gasteiger partial charge < -0.3 is 30.1 Å². The van der Waals surface area contributed by atoms with Gasteiger partial charge in [0.15, 0.2) is 5.65 Å². The molecule has 2 N–H and O–H groups in total. The predicted octanol–water partition coefficient (Wildman–Crippen LogP) is 3.77. The van der Waals surface area contributed by atoms with E-state index in [1.807, 2.05) is 25.1 Å². The molecule has 13 heteroatoms. The Hall–Kier alpha value is -4.10. The molecule has 2 aliphatic heterocycles. The Morgan fingerprint density at radius 3 is 2.67 bits per heavy atom. The third-order valence-corrected chi connectivity index (χ3v) is 8.51. The highest BCUT2D eigenvalue weighted by molar-refractivity contribution is 5.94. The molecule has 12 nitrogen and oxygen atoms in total. The van der Waals surface area contributed by atoms with Crippen molar-refractivity contribution in [1.29, 1.82) is 0 Å². The van der Waals surface area contributed by atoms with Crippen molar-refractivity contribution in [2.24, 2.45) is 5.92 Å². The van der Waals surface area contributed by atoms with Gasteiger partial charge in [-0.3, -0.25) is 9.59 Å². The minimum atomic E-state index is -0.528. The van der Waals surface area contributed by atoms with Crippen LogP contribution in [0.15, 0.2) is 36.5 Å². The quantitative estimate of drug-likeness (QED) is 0.304. The number of rotatable bonds is 11. The number of nitrogens with zero attached hydrogens (tertiary/aromatic N) is 7. The predicted molar refractivity (Wildman–Crippen MR) is 175 cm³/mol. The number of halogens is 1. The maximum absolute atomic E-state index is 14.9. The van der Waals surface area contributed by atoms with Gasteiger partial charge in [-0.1, -0.05) is 26.0 Å². The van der Waals surface area contributed by atoms with E-state index in [0.717, 1.165) is 37.1 Å². The molecular weight excluding hydrogens is 589 g/mol. The summed E-state index contributed by atoms with van der Waals surface area (Å²) < 4.78 is 22.8. The highest BCUT2D eigenvalue weighted by Gasteiger charge is 2.28. The molecule has 1 aromatic carbocycles. The molecule has 1 unspecified atom stereocenters. The van der Waals surface area contributed by atoms with Crippen molar-refractivity contribution in [3.63, 3.8) is 0 Å². The van der Waals surface area contributed by atoms with Crippen LogP contribution >= 0.6 is 0 Å². The van der Waals surface area contributed by atoms with Gasteiger partial charge in [0.1, 0.15) is 11.9 Å². The highest BCUT2D eigenvalue weighted by atomic mass is 19.1. The molecule has 0 spiro atoms. The molecule has 0 saturated carbocycles. The van der Waals surface area contributed by atoms with Gasteiger partial charge in [0.05, 0.1) is 17.8 Å². The zero-order chi connectivity index (χ0) is 32.8. The SMILES string of the molecule is CC(C)c1cnn2c(NCc3ccc(F)c(NC(=O)C4CCCN(C(=O)C=CCN(C)C)C4)c3)nc(OC3CCN(C)CC3)nc12. The van der Waals surface area contributed by atoms with E-state index in [9.17, 15) is 14.0 Å². The van der Waals surface area contributed by atoms with Gasteiger partial charge in [-0.15, -0.1) is 0 Å². The van der Waals surface area contributed by atoms with Gasteiger partial charge in [0, 0.05) is 50.9 Å². The Balaban J connectivity index is 1.26. The lowest BCUT2D eigenvalue weighted by Crippen LogP contribution is -2.43. The summed E-state index contributed by atoms with van der Waals surface area (Å²) in [5.74, 6) is -0.706. The smallest absolute Gasteiger partial charge is 0.322 e. The number of hydrogen-bond acceptors (Lipinski definition) is 9.